The number of nitrogens with zero attached hydrogens (tertiary/aromatic N) is 2. The van der Waals surface area contributed by atoms with Crippen molar-refractivity contribution in [1.82, 2.24) is 15.4 Å². The fourth-order valence-corrected chi connectivity index (χ4v) is 0.853. The van der Waals surface area contributed by atoms with Crippen LogP contribution in [-0.2, 0) is 0 Å². The van der Waals surface area contributed by atoms with Crippen molar-refractivity contribution < 1.29 is 5.11 Å². The minimum atomic E-state index is 0.159. The molecule has 0 unspecified atom stereocenters. The second-order valence-corrected chi connectivity index (χ2v) is 2.55. The number of phenols is 1. The SMILES string of the molecule is NCCN.Oc1cccc2n[nH]nc12. The van der Waals surface area contributed by atoms with Crippen LogP contribution in [-0.4, -0.2) is 33.6 Å². The number of nitrogens with two attached hydrogens (primary N) is 2. The predicted molar refractivity (Wildman–Crippen MR) is 53.7 cm³/mol. The lowest BCUT2D eigenvalue weighted by molar-refractivity contribution is 0.480. The van der Waals surface area contributed by atoms with Gasteiger partial charge in [0, 0.05) is 13.1 Å². The van der Waals surface area contributed by atoms with E-state index in [1.807, 2.05) is 0 Å². The van der Waals surface area contributed by atoms with Crippen LogP contribution >= 0.6 is 0 Å². The average molecular weight is 195 g/mol. The van der Waals surface area contributed by atoms with Gasteiger partial charge in [-0.2, -0.15) is 15.4 Å². The highest BCUT2D eigenvalue weighted by molar-refractivity contribution is 5.79. The first-order chi connectivity index (χ1) is 6.79. The first-order valence-corrected chi connectivity index (χ1v) is 4.18. The maximum atomic E-state index is 9.14. The summed E-state index contributed by atoms with van der Waals surface area (Å²) >= 11 is 0. The van der Waals surface area contributed by atoms with Gasteiger partial charge in [-0.25, -0.2) is 0 Å². The molecule has 6 nitrogen and oxygen atoms in total. The maximum Gasteiger partial charge on any atom is 0.154 e. The van der Waals surface area contributed by atoms with Crippen LogP contribution in [0.1, 0.15) is 0 Å². The number of aromatic amines is 1. The van der Waals surface area contributed by atoms with Gasteiger partial charge < -0.3 is 16.6 Å². The summed E-state index contributed by atoms with van der Waals surface area (Å²) in [6.45, 7) is 1.19. The van der Waals surface area contributed by atoms with E-state index in [1.165, 1.54) is 0 Å². The van der Waals surface area contributed by atoms with E-state index in [4.69, 9.17) is 16.6 Å². The molecule has 0 atom stereocenters. The minimum Gasteiger partial charge on any atom is -0.506 e. The fraction of sp³-hybridized carbons (Fsp3) is 0.250. The third kappa shape index (κ3) is 2.41. The van der Waals surface area contributed by atoms with Crippen LogP contribution in [0, 0.1) is 0 Å². The van der Waals surface area contributed by atoms with E-state index in [1.54, 1.807) is 18.2 Å². The van der Waals surface area contributed by atoms with Crippen molar-refractivity contribution in [1.29, 1.82) is 0 Å². The van der Waals surface area contributed by atoms with Crippen LogP contribution in [0.15, 0.2) is 18.2 Å². The van der Waals surface area contributed by atoms with E-state index in [0.29, 0.717) is 24.1 Å². The van der Waals surface area contributed by atoms with Crippen molar-refractivity contribution in [2.45, 2.75) is 0 Å². The Labute approximate surface area is 80.9 Å². The van der Waals surface area contributed by atoms with Crippen molar-refractivity contribution in [2.24, 2.45) is 11.5 Å². The molecule has 1 aromatic heterocycles. The number of aromatic nitrogens is 3. The second-order valence-electron chi connectivity index (χ2n) is 2.55. The molecule has 76 valence electrons. The molecule has 14 heavy (non-hydrogen) atoms. The summed E-state index contributed by atoms with van der Waals surface area (Å²) in [5.74, 6) is 0.159. The van der Waals surface area contributed by atoms with E-state index in [9.17, 15) is 0 Å². The van der Waals surface area contributed by atoms with Crippen LogP contribution in [0.4, 0.5) is 0 Å². The summed E-state index contributed by atoms with van der Waals surface area (Å²) in [7, 11) is 0. The molecule has 0 aliphatic rings. The Morgan fingerprint density at radius 3 is 2.50 bits per heavy atom. The number of para-hydroxylation sites is 1. The lowest BCUT2D eigenvalue weighted by atomic mass is 10.3. The fourth-order valence-electron chi connectivity index (χ4n) is 0.853. The number of hydrogen-bond donors (Lipinski definition) is 4. The Morgan fingerprint density at radius 1 is 1.21 bits per heavy atom. The quantitative estimate of drug-likeness (QED) is 0.493. The van der Waals surface area contributed by atoms with Crippen molar-refractivity contribution in [3.8, 4) is 5.75 Å². The molecule has 1 aromatic carbocycles. The molecule has 2 rings (SSSR count). The van der Waals surface area contributed by atoms with Crippen LogP contribution in [0.3, 0.4) is 0 Å². The molecule has 6 N–H and O–H groups in total. The highest BCUT2D eigenvalue weighted by atomic mass is 16.3. The van der Waals surface area contributed by atoms with Gasteiger partial charge >= 0.3 is 0 Å². The molecule has 0 radical (unpaired) electrons. The predicted octanol–water partition coefficient (Wildman–Crippen LogP) is -0.433. The largest absolute Gasteiger partial charge is 0.506 e. The number of benzene rings is 1. The summed E-state index contributed by atoms with van der Waals surface area (Å²) in [5.41, 5.74) is 11.0. The van der Waals surface area contributed by atoms with Crippen LogP contribution in [0.2, 0.25) is 0 Å². The zero-order valence-corrected chi connectivity index (χ0v) is 7.64. The van der Waals surface area contributed by atoms with Gasteiger partial charge in [-0.05, 0) is 12.1 Å². The molecule has 0 aliphatic carbocycles. The number of rotatable bonds is 1. The van der Waals surface area contributed by atoms with Crippen LogP contribution in [0.25, 0.3) is 11.0 Å². The molecule has 0 fully saturated rings. The van der Waals surface area contributed by atoms with Gasteiger partial charge in [0.1, 0.15) is 11.3 Å². The van der Waals surface area contributed by atoms with Gasteiger partial charge in [0.2, 0.25) is 0 Å². The highest BCUT2D eigenvalue weighted by Gasteiger charge is 1.99. The topological polar surface area (TPSA) is 114 Å². The zero-order valence-electron chi connectivity index (χ0n) is 7.64. The van der Waals surface area contributed by atoms with Gasteiger partial charge in [0.05, 0.1) is 0 Å². The Hall–Kier alpha value is -1.66. The third-order valence-electron chi connectivity index (χ3n) is 1.49. The molecular weight excluding hydrogens is 182 g/mol. The lowest BCUT2D eigenvalue weighted by Gasteiger charge is -1.87. The molecule has 0 amide bonds. The van der Waals surface area contributed by atoms with Crippen molar-refractivity contribution in [3.63, 3.8) is 0 Å². The third-order valence-corrected chi connectivity index (χ3v) is 1.49. The summed E-state index contributed by atoms with van der Waals surface area (Å²) in [6, 6.07) is 5.07. The highest BCUT2D eigenvalue weighted by Crippen LogP contribution is 2.18. The van der Waals surface area contributed by atoms with Crippen molar-refractivity contribution in [3.05, 3.63) is 18.2 Å². The molecule has 0 saturated carbocycles. The van der Waals surface area contributed by atoms with Gasteiger partial charge in [0.15, 0.2) is 5.52 Å². The monoisotopic (exact) mass is 195 g/mol. The molecular formula is C8H13N5O. The first kappa shape index (κ1) is 10.4. The van der Waals surface area contributed by atoms with E-state index in [0.717, 1.165) is 0 Å². The van der Waals surface area contributed by atoms with Gasteiger partial charge in [-0.3, -0.25) is 0 Å². The molecule has 6 heteroatoms. The summed E-state index contributed by atoms with van der Waals surface area (Å²) in [5, 5.41) is 19.1. The van der Waals surface area contributed by atoms with Crippen molar-refractivity contribution >= 4 is 11.0 Å². The summed E-state index contributed by atoms with van der Waals surface area (Å²) in [4.78, 5) is 0. The van der Waals surface area contributed by atoms with Crippen LogP contribution < -0.4 is 11.5 Å². The van der Waals surface area contributed by atoms with E-state index in [2.05, 4.69) is 15.4 Å². The molecule has 1 heterocycles. The molecule has 0 saturated heterocycles. The Balaban J connectivity index is 0.000000213. The number of hydrogen-bond acceptors (Lipinski definition) is 5. The first-order valence-electron chi connectivity index (χ1n) is 4.18. The molecule has 0 spiro atoms. The zero-order chi connectivity index (χ0) is 10.4. The Kier molecular flexibility index (Phi) is 3.84. The number of H-pyrrole nitrogens is 1. The van der Waals surface area contributed by atoms with E-state index >= 15 is 0 Å². The number of nitrogens with one attached hydrogen (secondary N) is 1. The smallest absolute Gasteiger partial charge is 0.154 e. The summed E-state index contributed by atoms with van der Waals surface area (Å²) < 4.78 is 0. The maximum absolute atomic E-state index is 9.14. The number of phenolic OH excluding ortho intramolecular Hbond substituents is 1. The van der Waals surface area contributed by atoms with Gasteiger partial charge in [-0.15, -0.1) is 0 Å². The van der Waals surface area contributed by atoms with Crippen molar-refractivity contribution in [2.75, 3.05) is 13.1 Å². The van der Waals surface area contributed by atoms with Gasteiger partial charge in [-0.1, -0.05) is 6.07 Å². The normalized spacial score (nSPS) is 9.57. The van der Waals surface area contributed by atoms with E-state index in [-0.39, 0.29) is 5.75 Å². The second kappa shape index (κ2) is 5.15. The average Bonchev–Trinajstić information content (AvgIpc) is 2.68. The molecule has 0 bridgehead atoms. The summed E-state index contributed by atoms with van der Waals surface area (Å²) in [6.07, 6.45) is 0. The Morgan fingerprint density at radius 2 is 1.93 bits per heavy atom. The lowest BCUT2D eigenvalue weighted by Crippen LogP contribution is -2.11. The van der Waals surface area contributed by atoms with Crippen LogP contribution in [0.5, 0.6) is 5.75 Å². The molecule has 2 aromatic rings. The molecule has 0 aliphatic heterocycles. The minimum absolute atomic E-state index is 0.159. The number of aromatic hydroxyl groups is 1. The van der Waals surface area contributed by atoms with E-state index < -0.39 is 0 Å². The Bertz CT molecular complexity index is 384. The van der Waals surface area contributed by atoms with Gasteiger partial charge in [0.25, 0.3) is 0 Å². The standard InChI is InChI=1S/C6H5N3O.C2H8N2/c10-5-3-1-2-4-6(5)8-9-7-4;3-1-2-4/h1-3,10H,(H,7,8,9);1-4H2. The number of fused-ring (bicyclic) bond motifs is 1.